The largest absolute Gasteiger partial charge is 0.481 e. The second kappa shape index (κ2) is 12.7. The Morgan fingerprint density at radius 2 is 1.64 bits per heavy atom. The van der Waals surface area contributed by atoms with Crippen LogP contribution in [0, 0.1) is 0 Å². The molecule has 3 amide bonds. The van der Waals surface area contributed by atoms with Crippen LogP contribution in [0.5, 0.6) is 0 Å². The van der Waals surface area contributed by atoms with Gasteiger partial charge in [-0.3, -0.25) is 19.2 Å². The highest BCUT2D eigenvalue weighted by Crippen LogP contribution is 2.18. The van der Waals surface area contributed by atoms with E-state index in [4.69, 9.17) is 15.9 Å². The summed E-state index contributed by atoms with van der Waals surface area (Å²) in [5.74, 6) is -5.10. The van der Waals surface area contributed by atoms with Crippen LogP contribution in [0.2, 0.25) is 0 Å². The number of rotatable bonds is 13. The Kier molecular flexibility index (Phi) is 9.93. The van der Waals surface area contributed by atoms with Crippen molar-refractivity contribution >= 4 is 40.6 Å². The maximum atomic E-state index is 12.8. The number of carbonyl (C=O) groups is 5. The van der Waals surface area contributed by atoms with Crippen molar-refractivity contribution in [2.45, 2.75) is 63.4 Å². The van der Waals surface area contributed by atoms with Crippen molar-refractivity contribution in [1.82, 2.24) is 20.9 Å². The lowest BCUT2D eigenvalue weighted by Gasteiger charge is -2.24. The molecule has 9 N–H and O–H groups in total. The van der Waals surface area contributed by atoms with Gasteiger partial charge in [0.15, 0.2) is 6.04 Å². The summed E-state index contributed by atoms with van der Waals surface area (Å²) in [4.78, 5) is 63.1. The minimum absolute atomic E-state index is 0.151. The van der Waals surface area contributed by atoms with E-state index in [1.165, 1.54) is 13.8 Å². The Balaban J connectivity index is 2.05. The molecule has 1 aromatic carbocycles. The molecule has 0 radical (unpaired) electrons. The molecule has 0 fully saturated rings. The fraction of sp³-hybridized carbons (Fsp3) is 0.435. The lowest BCUT2D eigenvalue weighted by atomic mass is 10.0. The third kappa shape index (κ3) is 7.78. The van der Waals surface area contributed by atoms with Crippen molar-refractivity contribution < 1.29 is 39.3 Å². The Bertz CT molecular complexity index is 1110. The molecule has 5 unspecified atom stereocenters. The van der Waals surface area contributed by atoms with Gasteiger partial charge in [-0.2, -0.15) is 0 Å². The Labute approximate surface area is 206 Å². The van der Waals surface area contributed by atoms with Gasteiger partial charge in [-0.15, -0.1) is 0 Å². The van der Waals surface area contributed by atoms with E-state index in [1.807, 2.05) is 24.3 Å². The second-order valence-corrected chi connectivity index (χ2v) is 8.46. The molecule has 0 aliphatic heterocycles. The van der Waals surface area contributed by atoms with Crippen molar-refractivity contribution in [3.63, 3.8) is 0 Å². The normalized spacial score (nSPS) is 15.2. The van der Waals surface area contributed by atoms with Crippen LogP contribution in [-0.4, -0.2) is 80.2 Å². The zero-order chi connectivity index (χ0) is 27.0. The number of fused-ring (bicyclic) bond motifs is 1. The van der Waals surface area contributed by atoms with Crippen molar-refractivity contribution in [2.24, 2.45) is 5.73 Å². The maximum Gasteiger partial charge on any atom is 0.328 e. The third-order valence-corrected chi connectivity index (χ3v) is 5.53. The van der Waals surface area contributed by atoms with E-state index in [0.29, 0.717) is 0 Å². The summed E-state index contributed by atoms with van der Waals surface area (Å²) in [5.41, 5.74) is 7.70. The molecule has 196 valence electrons. The number of para-hydroxylation sites is 1. The number of nitrogens with one attached hydrogen (secondary N) is 4. The first-order chi connectivity index (χ1) is 16.9. The van der Waals surface area contributed by atoms with E-state index in [1.54, 1.807) is 6.20 Å². The van der Waals surface area contributed by atoms with Crippen LogP contribution in [0.1, 0.15) is 32.3 Å². The van der Waals surface area contributed by atoms with E-state index in [0.717, 1.165) is 16.5 Å². The number of H-pyrrole nitrogens is 1. The summed E-state index contributed by atoms with van der Waals surface area (Å²) < 4.78 is 0. The molecule has 0 spiro atoms. The predicted molar refractivity (Wildman–Crippen MR) is 128 cm³/mol. The van der Waals surface area contributed by atoms with Crippen LogP contribution < -0.4 is 21.7 Å². The molecule has 1 heterocycles. The van der Waals surface area contributed by atoms with Gasteiger partial charge in [0.25, 0.3) is 0 Å². The number of hydrogen-bond acceptors (Lipinski definition) is 7. The number of aromatic nitrogens is 1. The topological polar surface area (TPSA) is 224 Å². The van der Waals surface area contributed by atoms with Crippen molar-refractivity contribution in [3.05, 3.63) is 36.0 Å². The fourth-order valence-electron chi connectivity index (χ4n) is 3.49. The number of amides is 3. The number of aliphatic carboxylic acids is 2. The first-order valence-corrected chi connectivity index (χ1v) is 11.2. The van der Waals surface area contributed by atoms with Crippen molar-refractivity contribution in [2.75, 3.05) is 0 Å². The number of benzene rings is 1. The summed E-state index contributed by atoms with van der Waals surface area (Å²) in [6.07, 6.45) is -0.232. The van der Waals surface area contributed by atoms with Crippen LogP contribution in [0.25, 0.3) is 10.9 Å². The maximum absolute atomic E-state index is 12.8. The molecule has 0 aliphatic rings. The Morgan fingerprint density at radius 1 is 0.972 bits per heavy atom. The van der Waals surface area contributed by atoms with Crippen molar-refractivity contribution in [3.8, 4) is 0 Å². The average molecular weight is 506 g/mol. The number of hydrogen-bond donors (Lipinski definition) is 8. The predicted octanol–water partition coefficient (Wildman–Crippen LogP) is -1.16. The molecule has 2 rings (SSSR count). The summed E-state index contributed by atoms with van der Waals surface area (Å²) in [7, 11) is 0. The lowest BCUT2D eigenvalue weighted by molar-refractivity contribution is -0.145. The van der Waals surface area contributed by atoms with Gasteiger partial charge in [0.05, 0.1) is 12.1 Å². The number of carboxylic acid groups (broad SMARTS) is 2. The monoisotopic (exact) mass is 505 g/mol. The van der Waals surface area contributed by atoms with E-state index < -0.39 is 66.4 Å². The van der Waals surface area contributed by atoms with Gasteiger partial charge in [-0.05, 0) is 38.3 Å². The molecule has 13 nitrogen and oxygen atoms in total. The smallest absolute Gasteiger partial charge is 0.328 e. The molecule has 36 heavy (non-hydrogen) atoms. The van der Waals surface area contributed by atoms with Crippen LogP contribution in [0.4, 0.5) is 0 Å². The molecular weight excluding hydrogens is 474 g/mol. The minimum atomic E-state index is -1.60. The highest BCUT2D eigenvalue weighted by Gasteiger charge is 2.30. The standard InChI is InChI=1S/C23H31N5O8/c1-11(20(32)28-19(12(2)29)23(35)36)26-22(34)17(7-8-18(30)31)27-21(33)15(24)9-13-10-25-16-6-4-3-5-14(13)16/h3-6,10-12,15,17,19,25,29H,7-9,24H2,1-2H3,(H,26,34)(H,27,33)(H,28,32)(H,30,31)(H,35,36). The molecule has 2 aromatic rings. The highest BCUT2D eigenvalue weighted by molar-refractivity contribution is 5.94. The average Bonchev–Trinajstić information content (AvgIpc) is 3.21. The second-order valence-electron chi connectivity index (χ2n) is 8.46. The van der Waals surface area contributed by atoms with Gasteiger partial charge in [0, 0.05) is 23.5 Å². The van der Waals surface area contributed by atoms with Gasteiger partial charge in [0.2, 0.25) is 17.7 Å². The van der Waals surface area contributed by atoms with E-state index >= 15 is 0 Å². The van der Waals surface area contributed by atoms with E-state index in [9.17, 15) is 29.1 Å². The molecule has 0 saturated carbocycles. The number of aliphatic hydroxyl groups is 1. The van der Waals surface area contributed by atoms with E-state index in [-0.39, 0.29) is 12.8 Å². The molecule has 1 aromatic heterocycles. The summed E-state index contributed by atoms with van der Waals surface area (Å²) in [5, 5.41) is 35.4. The Morgan fingerprint density at radius 3 is 2.25 bits per heavy atom. The lowest BCUT2D eigenvalue weighted by Crippen LogP contribution is -2.57. The Hall–Kier alpha value is -3.97. The number of nitrogens with two attached hydrogens (primary N) is 1. The number of aromatic amines is 1. The third-order valence-electron chi connectivity index (χ3n) is 5.53. The van der Waals surface area contributed by atoms with Crippen LogP contribution in [0.3, 0.4) is 0 Å². The number of carbonyl (C=O) groups excluding carboxylic acids is 3. The van der Waals surface area contributed by atoms with Gasteiger partial charge >= 0.3 is 11.9 Å². The molecule has 13 heteroatoms. The zero-order valence-corrected chi connectivity index (χ0v) is 19.9. The summed E-state index contributed by atoms with van der Waals surface area (Å²) in [6.45, 7) is 2.45. The first kappa shape index (κ1) is 28.3. The summed E-state index contributed by atoms with van der Waals surface area (Å²) in [6, 6.07) is 2.23. The van der Waals surface area contributed by atoms with Crippen LogP contribution in [-0.2, 0) is 30.4 Å². The first-order valence-electron chi connectivity index (χ1n) is 11.2. The molecule has 0 saturated heterocycles. The van der Waals surface area contributed by atoms with Crippen LogP contribution in [0.15, 0.2) is 30.5 Å². The van der Waals surface area contributed by atoms with Gasteiger partial charge < -0.3 is 42.0 Å². The van der Waals surface area contributed by atoms with Gasteiger partial charge in [-0.25, -0.2) is 4.79 Å². The fourth-order valence-corrected chi connectivity index (χ4v) is 3.49. The molecule has 5 atom stereocenters. The van der Waals surface area contributed by atoms with Crippen LogP contribution >= 0.6 is 0 Å². The molecule has 0 bridgehead atoms. The van der Waals surface area contributed by atoms with E-state index in [2.05, 4.69) is 20.9 Å². The zero-order valence-electron chi connectivity index (χ0n) is 19.9. The van der Waals surface area contributed by atoms with Crippen molar-refractivity contribution in [1.29, 1.82) is 0 Å². The molecule has 0 aliphatic carbocycles. The molecular formula is C23H31N5O8. The quantitative estimate of drug-likeness (QED) is 0.164. The number of carboxylic acids is 2. The SMILES string of the molecule is CC(NC(=O)C(CCC(=O)O)NC(=O)C(N)Cc1c[nH]c2ccccc12)C(=O)NC(C(=O)O)C(C)O. The number of aliphatic hydroxyl groups excluding tert-OH is 1. The van der Waals surface area contributed by atoms with Gasteiger partial charge in [0.1, 0.15) is 12.1 Å². The minimum Gasteiger partial charge on any atom is -0.481 e. The van der Waals surface area contributed by atoms with Gasteiger partial charge in [-0.1, -0.05) is 18.2 Å². The highest BCUT2D eigenvalue weighted by atomic mass is 16.4. The summed E-state index contributed by atoms with van der Waals surface area (Å²) >= 11 is 0.